The second-order valence-electron chi connectivity index (χ2n) is 3.14. The molecule has 0 aromatic heterocycles. The molecule has 0 heterocycles. The van der Waals surface area contributed by atoms with Crippen molar-refractivity contribution in [3.63, 3.8) is 0 Å². The summed E-state index contributed by atoms with van der Waals surface area (Å²) >= 11 is -0.856. The van der Waals surface area contributed by atoms with Crippen LogP contribution in [0.3, 0.4) is 0 Å². The number of aliphatic hydroxyl groups is 1. The van der Waals surface area contributed by atoms with Crippen LogP contribution in [0, 0.1) is 0 Å². The molecule has 0 bridgehead atoms. The van der Waals surface area contributed by atoms with Gasteiger partial charge in [0.15, 0.2) is 6.61 Å². The fourth-order valence-electron chi connectivity index (χ4n) is 0.997. The minimum absolute atomic E-state index is 0.763. The molecule has 3 heteroatoms. The molecule has 0 aliphatic carbocycles. The molecule has 13 heavy (non-hydrogen) atoms. The van der Waals surface area contributed by atoms with Crippen molar-refractivity contribution in [2.75, 3.05) is 13.2 Å². The van der Waals surface area contributed by atoms with Crippen molar-refractivity contribution in [1.29, 1.82) is 0 Å². The fourth-order valence-corrected chi connectivity index (χ4v) is 1.57. The van der Waals surface area contributed by atoms with Crippen molar-refractivity contribution in [1.82, 2.24) is 0 Å². The molecule has 1 radical (unpaired) electrons. The Labute approximate surface area is 84.2 Å². The van der Waals surface area contributed by atoms with E-state index in [9.17, 15) is 0 Å². The average Bonchev–Trinajstić information content (AvgIpc) is 2.14. The van der Waals surface area contributed by atoms with E-state index in [0.29, 0.717) is 0 Å². The zero-order chi connectivity index (χ0) is 9.52. The number of rotatable bonds is 5. The molecule has 71 valence electrons. The standard InChI is InChI=1S/C8H9O2.2CH3.Al/c9-6-7-10-8-4-2-1-3-5-8;;;/h1-5H,6-7H2;2*1H3;/q-1;;;/p+1. The van der Waals surface area contributed by atoms with Gasteiger partial charge < -0.3 is 8.53 Å². The van der Waals surface area contributed by atoms with E-state index in [1.165, 1.54) is 0 Å². The maximum absolute atomic E-state index is 5.51. The first-order chi connectivity index (χ1) is 6.29. The summed E-state index contributed by atoms with van der Waals surface area (Å²) in [6, 6.07) is 10.0. The lowest BCUT2D eigenvalue weighted by molar-refractivity contribution is 0.0418. The normalized spacial score (nSPS) is 10.4. The van der Waals surface area contributed by atoms with Crippen LogP contribution in [0.4, 0.5) is 0 Å². The van der Waals surface area contributed by atoms with Crippen molar-refractivity contribution in [3.8, 4) is 5.75 Å². The predicted octanol–water partition coefficient (Wildman–Crippen LogP) is 2.20. The molecule has 0 saturated heterocycles. The van der Waals surface area contributed by atoms with Crippen LogP contribution in [0.15, 0.2) is 30.3 Å². The average molecular weight is 195 g/mol. The summed E-state index contributed by atoms with van der Waals surface area (Å²) in [5.41, 5.74) is 0. The van der Waals surface area contributed by atoms with Gasteiger partial charge in [0.2, 0.25) is 0 Å². The van der Waals surface area contributed by atoms with E-state index in [0.717, 1.165) is 19.0 Å². The van der Waals surface area contributed by atoms with Crippen LogP contribution in [0.1, 0.15) is 0 Å². The lowest BCUT2D eigenvalue weighted by Crippen LogP contribution is -2.13. The van der Waals surface area contributed by atoms with Crippen LogP contribution in [0.25, 0.3) is 0 Å². The number of aromatic hydroxyl groups is 1. The van der Waals surface area contributed by atoms with Crippen molar-refractivity contribution in [2.45, 2.75) is 11.6 Å². The Morgan fingerprint density at radius 2 is 1.92 bits per heavy atom. The third-order valence-electron chi connectivity index (χ3n) is 1.59. The van der Waals surface area contributed by atoms with Gasteiger partial charge in [0, 0.05) is 12.1 Å². The molecule has 0 aliphatic rings. The number of para-hydroxylation sites is 1. The molecule has 0 amide bonds. The lowest BCUT2D eigenvalue weighted by atomic mass is 10.3. The molecular formula is C10H16AlO2. The first-order valence-corrected chi connectivity index (χ1v) is 7.41. The minimum atomic E-state index is -0.856. The van der Waals surface area contributed by atoms with Crippen LogP contribution in [0.2, 0.25) is 11.6 Å². The van der Waals surface area contributed by atoms with Gasteiger partial charge >= 0.3 is 0 Å². The van der Waals surface area contributed by atoms with E-state index in [1.54, 1.807) is 0 Å². The van der Waals surface area contributed by atoms with E-state index in [4.69, 9.17) is 3.79 Å². The van der Waals surface area contributed by atoms with E-state index in [2.05, 4.69) is 16.3 Å². The Kier molecular flexibility index (Phi) is 4.92. The van der Waals surface area contributed by atoms with Crippen molar-refractivity contribution < 1.29 is 8.53 Å². The Balaban J connectivity index is 2.13. The Morgan fingerprint density at radius 1 is 1.23 bits per heavy atom. The zero-order valence-corrected chi connectivity index (χ0v) is 9.39. The Bertz CT molecular complexity index is 224. The summed E-state index contributed by atoms with van der Waals surface area (Å²) < 4.78 is 9.88. The second kappa shape index (κ2) is 6.04. The predicted molar refractivity (Wildman–Crippen MR) is 56.4 cm³/mol. The molecule has 0 unspecified atom stereocenters. The monoisotopic (exact) mass is 195 g/mol. The van der Waals surface area contributed by atoms with Crippen molar-refractivity contribution in [2.24, 2.45) is 0 Å². The molecule has 0 spiro atoms. The highest BCUT2D eigenvalue weighted by Gasteiger charge is 1.94. The molecule has 0 saturated carbocycles. The summed E-state index contributed by atoms with van der Waals surface area (Å²) in [7, 11) is 0. The third kappa shape index (κ3) is 4.95. The lowest BCUT2D eigenvalue weighted by Gasteiger charge is -2.15. The van der Waals surface area contributed by atoms with Gasteiger partial charge in [-0.25, -0.2) is 11.6 Å². The molecule has 1 rings (SSSR count). The van der Waals surface area contributed by atoms with Gasteiger partial charge in [-0.1, -0.05) is 18.2 Å². The smallest absolute Gasteiger partial charge is 0.254 e. The van der Waals surface area contributed by atoms with E-state index in [-0.39, 0.29) is 0 Å². The van der Waals surface area contributed by atoms with Gasteiger partial charge in [-0.3, -0.25) is 0 Å². The molecule has 1 aromatic carbocycles. The van der Waals surface area contributed by atoms with Crippen LogP contribution >= 0.6 is 0 Å². The summed E-state index contributed by atoms with van der Waals surface area (Å²) in [6.45, 7) is 1.54. The molecule has 2 nitrogen and oxygen atoms in total. The van der Waals surface area contributed by atoms with E-state index < -0.39 is 14.5 Å². The Morgan fingerprint density at radius 3 is 2.54 bits per heavy atom. The summed E-state index contributed by atoms with van der Waals surface area (Å²) in [5.74, 6) is 5.38. The van der Waals surface area contributed by atoms with Gasteiger partial charge in [0.1, 0.15) is 14.5 Å². The van der Waals surface area contributed by atoms with Crippen molar-refractivity contribution >= 4 is 14.5 Å². The van der Waals surface area contributed by atoms with E-state index in [1.807, 2.05) is 30.3 Å². The Hall–Kier alpha value is -0.488. The van der Waals surface area contributed by atoms with Gasteiger partial charge in [-0.05, 0) is 0 Å². The fraction of sp³-hybridized carbons (Fsp3) is 0.400. The first kappa shape index (κ1) is 10.6. The van der Waals surface area contributed by atoms with Crippen molar-refractivity contribution in [3.05, 3.63) is 30.3 Å². The van der Waals surface area contributed by atoms with Gasteiger partial charge in [0.25, 0.3) is 5.75 Å². The highest BCUT2D eigenvalue weighted by atomic mass is 27.2. The van der Waals surface area contributed by atoms with Gasteiger partial charge in [0.05, 0.1) is 6.61 Å². The summed E-state index contributed by atoms with van der Waals surface area (Å²) in [6.07, 6.45) is 0. The first-order valence-electron chi connectivity index (χ1n) is 4.63. The largest absolute Gasteiger partial charge is 0.672 e. The maximum atomic E-state index is 5.51. The number of hydrogen-bond acceptors (Lipinski definition) is 1. The number of hydrogen-bond donors (Lipinski definition) is 0. The van der Waals surface area contributed by atoms with E-state index >= 15 is 0 Å². The highest BCUT2D eigenvalue weighted by Crippen LogP contribution is 2.08. The molecule has 1 N–H and O–H groups in total. The molecule has 0 aliphatic heterocycles. The topological polar surface area (TPSA) is 22.0 Å². The summed E-state index contributed by atoms with van der Waals surface area (Å²) in [4.78, 5) is 0. The third-order valence-corrected chi connectivity index (χ3v) is 2.50. The molecule has 0 atom stereocenters. The molecule has 1 aromatic rings. The minimum Gasteiger partial charge on any atom is -0.672 e. The summed E-state index contributed by atoms with van der Waals surface area (Å²) in [5, 5.41) is 0. The van der Waals surface area contributed by atoms with Crippen LogP contribution in [-0.4, -0.2) is 32.4 Å². The highest BCUT2D eigenvalue weighted by molar-refractivity contribution is 6.48. The quantitative estimate of drug-likeness (QED) is 0.401. The number of benzene rings is 1. The van der Waals surface area contributed by atoms with Gasteiger partial charge in [-0.2, -0.15) is 0 Å². The van der Waals surface area contributed by atoms with Crippen LogP contribution in [0.5, 0.6) is 5.75 Å². The van der Waals surface area contributed by atoms with Gasteiger partial charge in [-0.15, -0.1) is 0 Å². The zero-order valence-electron chi connectivity index (χ0n) is 8.23. The maximum Gasteiger partial charge on any atom is 0.254 e. The molecule has 0 fully saturated rings. The second-order valence-corrected chi connectivity index (χ2v) is 5.57. The van der Waals surface area contributed by atoms with Crippen LogP contribution < -0.4 is 0 Å². The van der Waals surface area contributed by atoms with Crippen LogP contribution in [-0.2, 0) is 3.79 Å². The molecular weight excluding hydrogens is 179 g/mol. The SMILES string of the molecule is [CH3][Al-]([CH3])[O]CC[OH+]c1ccccc1. The number of ether oxygens (including phenoxy) is 1.